The van der Waals surface area contributed by atoms with Gasteiger partial charge < -0.3 is 15.0 Å². The molecule has 33 heavy (non-hydrogen) atoms. The molecule has 0 unspecified atom stereocenters. The Morgan fingerprint density at radius 1 is 1.15 bits per heavy atom. The lowest BCUT2D eigenvalue weighted by Crippen LogP contribution is -2.43. The number of aromatic nitrogens is 1. The number of carbonyl (C=O) groups excluding carboxylic acids is 1. The first-order valence-electron chi connectivity index (χ1n) is 10.8. The zero-order valence-corrected chi connectivity index (χ0v) is 21.3. The first-order valence-corrected chi connectivity index (χ1v) is 12.2. The summed E-state index contributed by atoms with van der Waals surface area (Å²) < 4.78 is 8.71. The zero-order chi connectivity index (χ0) is 24.0. The van der Waals surface area contributed by atoms with Crippen LogP contribution in [0.2, 0.25) is 0 Å². The number of fused-ring (bicyclic) bond motifs is 1. The molecule has 0 aliphatic rings. The van der Waals surface area contributed by atoms with Crippen molar-refractivity contribution in [2.24, 2.45) is 10.2 Å². The Bertz CT molecular complexity index is 1120. The minimum absolute atomic E-state index is 0.00132. The van der Waals surface area contributed by atoms with Gasteiger partial charge in [-0.3, -0.25) is 4.79 Å². The minimum Gasteiger partial charge on any atom is -0.492 e. The average Bonchev–Trinajstić information content (AvgIpc) is 3.10. The van der Waals surface area contributed by atoms with Gasteiger partial charge in [-0.2, -0.15) is 0 Å². The summed E-state index contributed by atoms with van der Waals surface area (Å²) >= 11 is 7.26. The van der Waals surface area contributed by atoms with E-state index in [9.17, 15) is 4.79 Å². The van der Waals surface area contributed by atoms with Crippen LogP contribution in [0.4, 0.5) is 16.5 Å². The van der Waals surface area contributed by atoms with Crippen molar-refractivity contribution in [1.82, 2.24) is 5.32 Å². The number of halogens is 1. The lowest BCUT2D eigenvalue weighted by atomic mass is 10.1. The van der Waals surface area contributed by atoms with Crippen molar-refractivity contribution >= 4 is 55.6 Å². The number of hydrogen-bond acceptors (Lipinski definition) is 6. The quantitative estimate of drug-likeness (QED) is 0.242. The van der Waals surface area contributed by atoms with Gasteiger partial charge >= 0.3 is 5.13 Å². The second kappa shape index (κ2) is 10.9. The molecule has 0 saturated heterocycles. The fourth-order valence-electron chi connectivity index (χ4n) is 3.20. The van der Waals surface area contributed by atoms with Crippen molar-refractivity contribution < 1.29 is 14.1 Å². The zero-order valence-electron chi connectivity index (χ0n) is 19.8. The number of benzene rings is 2. The van der Waals surface area contributed by atoms with E-state index < -0.39 is 0 Å². The van der Waals surface area contributed by atoms with Gasteiger partial charge in [-0.25, -0.2) is 4.57 Å². The predicted molar refractivity (Wildman–Crippen MR) is 136 cm³/mol. The molecule has 0 fully saturated rings. The summed E-state index contributed by atoms with van der Waals surface area (Å²) in [6, 6.07) is 13.8. The van der Waals surface area contributed by atoms with Crippen LogP contribution in [0.5, 0.6) is 5.75 Å². The van der Waals surface area contributed by atoms with Crippen LogP contribution in [0.1, 0.15) is 27.2 Å². The highest BCUT2D eigenvalue weighted by Gasteiger charge is 2.22. The average molecular weight is 489 g/mol. The molecule has 0 radical (unpaired) electrons. The summed E-state index contributed by atoms with van der Waals surface area (Å²) in [7, 11) is 4.00. The molecule has 176 valence electrons. The fraction of sp³-hybridized carbons (Fsp3) is 0.417. The van der Waals surface area contributed by atoms with Gasteiger partial charge in [0.2, 0.25) is 5.91 Å². The molecule has 1 aromatic heterocycles. The Morgan fingerprint density at radius 2 is 1.88 bits per heavy atom. The topological polar surface area (TPSA) is 70.2 Å². The molecule has 0 atom stereocenters. The molecule has 1 amide bonds. The molecule has 0 spiro atoms. The van der Waals surface area contributed by atoms with Crippen LogP contribution < -0.4 is 19.5 Å². The van der Waals surface area contributed by atoms with Crippen LogP contribution in [-0.2, 0) is 11.3 Å². The molecule has 0 aliphatic carbocycles. The summed E-state index contributed by atoms with van der Waals surface area (Å²) in [5.74, 6) is 1.18. The van der Waals surface area contributed by atoms with E-state index in [1.165, 1.54) is 11.3 Å². The third-order valence-corrected chi connectivity index (χ3v) is 5.88. The Balaban J connectivity index is 1.89. The third-order valence-electron chi connectivity index (χ3n) is 4.69. The number of nitrogens with one attached hydrogen (secondary N) is 1. The van der Waals surface area contributed by atoms with Crippen molar-refractivity contribution in [3.05, 3.63) is 42.5 Å². The Labute approximate surface area is 204 Å². The first-order chi connectivity index (χ1) is 15.7. The summed E-state index contributed by atoms with van der Waals surface area (Å²) in [5.41, 5.74) is 2.58. The maximum Gasteiger partial charge on any atom is 0.409 e. The van der Waals surface area contributed by atoms with E-state index in [1.807, 2.05) is 86.8 Å². The van der Waals surface area contributed by atoms with Gasteiger partial charge in [-0.15, -0.1) is 11.6 Å². The van der Waals surface area contributed by atoms with Crippen LogP contribution in [0.15, 0.2) is 52.7 Å². The van der Waals surface area contributed by atoms with Gasteiger partial charge in [0.1, 0.15) is 30.1 Å². The number of hydrogen-bond donors (Lipinski definition) is 1. The van der Waals surface area contributed by atoms with E-state index >= 15 is 0 Å². The van der Waals surface area contributed by atoms with E-state index in [2.05, 4.69) is 15.5 Å². The molecular weight excluding hydrogens is 458 g/mol. The molecule has 0 bridgehead atoms. The molecule has 1 heterocycles. The second-order valence-corrected chi connectivity index (χ2v) is 10.2. The number of amides is 1. The minimum atomic E-state index is -0.269. The van der Waals surface area contributed by atoms with Crippen molar-refractivity contribution in [3.8, 4) is 5.75 Å². The highest BCUT2D eigenvalue weighted by Crippen LogP contribution is 2.31. The molecule has 9 heteroatoms. The summed E-state index contributed by atoms with van der Waals surface area (Å²) in [6.45, 7) is 6.86. The first kappa shape index (κ1) is 24.9. The number of anilines is 1. The standard InChI is InChI=1S/C24H30ClN5O2S/c1-24(2,3)26-22(31)12-14-30-20-11-10-19(32-15-13-25)16-21(20)33-23(30)28-27-17-6-8-18(9-7-17)29(4)5/h6-11,16H,12-15H2,1-5H3/p+1. The number of alkyl halides is 1. The van der Waals surface area contributed by atoms with E-state index in [-0.39, 0.29) is 11.4 Å². The SMILES string of the molecule is CN(C)c1ccc(N=Nc2sc3cc(OCCCl)ccc3[n+]2CCC(=O)NC(C)(C)C)cc1. The number of ether oxygens (including phenoxy) is 1. The van der Waals surface area contributed by atoms with Crippen LogP contribution in [0.25, 0.3) is 10.2 Å². The van der Waals surface area contributed by atoms with E-state index in [0.29, 0.717) is 25.5 Å². The van der Waals surface area contributed by atoms with Crippen molar-refractivity contribution in [2.75, 3.05) is 31.5 Å². The van der Waals surface area contributed by atoms with E-state index in [1.54, 1.807) is 0 Å². The molecule has 0 aliphatic heterocycles. The molecule has 3 aromatic rings. The maximum absolute atomic E-state index is 12.4. The number of thiazole rings is 1. The molecule has 2 aromatic carbocycles. The monoisotopic (exact) mass is 488 g/mol. The normalized spacial score (nSPS) is 11.8. The molecular formula is C24H31ClN5O2S+. The third kappa shape index (κ3) is 7.14. The maximum atomic E-state index is 12.4. The second-order valence-electron chi connectivity index (χ2n) is 8.86. The molecule has 1 N–H and O–H groups in total. The van der Waals surface area contributed by atoms with E-state index in [4.69, 9.17) is 16.3 Å². The Kier molecular flexibility index (Phi) is 8.26. The van der Waals surface area contributed by atoms with Crippen molar-refractivity contribution in [2.45, 2.75) is 39.3 Å². The summed E-state index contributed by atoms with van der Waals surface area (Å²) in [6.07, 6.45) is 0.346. The summed E-state index contributed by atoms with van der Waals surface area (Å²) in [4.78, 5) is 14.5. The van der Waals surface area contributed by atoms with Gasteiger partial charge in [0.15, 0.2) is 0 Å². The Hall–Kier alpha value is -2.71. The Morgan fingerprint density at radius 3 is 2.52 bits per heavy atom. The fourth-order valence-corrected chi connectivity index (χ4v) is 4.32. The largest absolute Gasteiger partial charge is 0.492 e. The number of rotatable bonds is 9. The number of nitrogens with zero attached hydrogens (tertiary/aromatic N) is 4. The molecule has 0 saturated carbocycles. The lowest BCUT2D eigenvalue weighted by molar-refractivity contribution is -0.653. The number of carbonyl (C=O) groups is 1. The highest BCUT2D eigenvalue weighted by atomic mass is 35.5. The predicted octanol–water partition coefficient (Wildman–Crippen LogP) is 5.59. The lowest BCUT2D eigenvalue weighted by Gasteiger charge is -2.20. The number of aryl methyl sites for hydroxylation is 1. The summed E-state index contributed by atoms with van der Waals surface area (Å²) in [5, 5.41) is 12.7. The van der Waals surface area contributed by atoms with Gasteiger partial charge in [0, 0.05) is 31.4 Å². The van der Waals surface area contributed by atoms with Gasteiger partial charge in [0.25, 0.3) is 0 Å². The van der Waals surface area contributed by atoms with Gasteiger partial charge in [-0.1, -0.05) is 0 Å². The molecule has 7 nitrogen and oxygen atoms in total. The van der Waals surface area contributed by atoms with Gasteiger partial charge in [0.05, 0.1) is 22.1 Å². The van der Waals surface area contributed by atoms with Crippen molar-refractivity contribution in [1.29, 1.82) is 0 Å². The van der Waals surface area contributed by atoms with Crippen molar-refractivity contribution in [3.63, 3.8) is 0 Å². The molecule has 3 rings (SSSR count). The highest BCUT2D eigenvalue weighted by molar-refractivity contribution is 7.21. The van der Waals surface area contributed by atoms with Gasteiger partial charge in [-0.05, 0) is 73.6 Å². The van der Waals surface area contributed by atoms with Crippen LogP contribution in [-0.4, -0.2) is 38.0 Å². The van der Waals surface area contributed by atoms with Crippen LogP contribution in [0, 0.1) is 0 Å². The number of azo groups is 1. The van der Waals surface area contributed by atoms with E-state index in [0.717, 1.165) is 32.5 Å². The smallest absolute Gasteiger partial charge is 0.409 e. The van der Waals surface area contributed by atoms with Crippen LogP contribution in [0.3, 0.4) is 0 Å². The van der Waals surface area contributed by atoms with Crippen LogP contribution >= 0.6 is 22.9 Å².